The highest BCUT2D eigenvalue weighted by Gasteiger charge is 2.35. The van der Waals surface area contributed by atoms with Crippen molar-refractivity contribution in [3.63, 3.8) is 0 Å². The van der Waals surface area contributed by atoms with Gasteiger partial charge in [-0.25, -0.2) is 9.19 Å². The Balaban J connectivity index is 1.31. The Hall–Kier alpha value is -3.12. The van der Waals surface area contributed by atoms with E-state index in [1.54, 1.807) is 25.3 Å². The lowest BCUT2D eigenvalue weighted by Crippen LogP contribution is -2.45. The van der Waals surface area contributed by atoms with Crippen LogP contribution in [0, 0.1) is 5.41 Å². The summed E-state index contributed by atoms with van der Waals surface area (Å²) in [5.41, 5.74) is 3.46. The second-order valence-electron chi connectivity index (χ2n) is 10.0. The van der Waals surface area contributed by atoms with Crippen molar-refractivity contribution in [3.8, 4) is 5.75 Å². The van der Waals surface area contributed by atoms with Crippen molar-refractivity contribution in [2.45, 2.75) is 25.7 Å². The number of methoxy groups -OCH3 is 1. The third kappa shape index (κ3) is 6.22. The number of ether oxygens (including phenoxy) is 1. The average molecular weight is 572 g/mol. The standard InChI is InChI=1S/C27H34ClN7O3S/c1-34(39(36)37)23-6-4-3-5-21(23)31-25-20(28)18-30-26(33-25)32-22-8-7-19(17-24(22)38-2)35-15-11-27(12-16-35)9-13-29-14-10-27/h3-8,17-18,29H,9-16H2,1-2H3,(H,36,37)(H2,30,31,32,33). The number of para-hydroxylation sites is 2. The lowest BCUT2D eigenvalue weighted by molar-refractivity contribution is 0.155. The highest BCUT2D eigenvalue weighted by atomic mass is 35.5. The monoisotopic (exact) mass is 571 g/mol. The van der Waals surface area contributed by atoms with Gasteiger partial charge in [0.05, 0.1) is 30.4 Å². The highest BCUT2D eigenvalue weighted by Crippen LogP contribution is 2.41. The van der Waals surface area contributed by atoms with E-state index in [1.807, 2.05) is 12.1 Å². The molecule has 0 aliphatic carbocycles. The molecule has 1 atom stereocenters. The summed E-state index contributed by atoms with van der Waals surface area (Å²) >= 11 is 4.21. The molecule has 39 heavy (non-hydrogen) atoms. The number of rotatable bonds is 8. The summed E-state index contributed by atoms with van der Waals surface area (Å²) in [6, 6.07) is 13.2. The van der Waals surface area contributed by atoms with Gasteiger partial charge < -0.3 is 25.6 Å². The van der Waals surface area contributed by atoms with Crippen molar-refractivity contribution >= 4 is 57.4 Å². The number of hydrogen-bond acceptors (Lipinski definition) is 8. The van der Waals surface area contributed by atoms with Crippen molar-refractivity contribution in [1.29, 1.82) is 0 Å². The topological polar surface area (TPSA) is 115 Å². The maximum atomic E-state index is 11.6. The van der Waals surface area contributed by atoms with Crippen LogP contribution < -0.4 is 29.9 Å². The molecule has 2 aliphatic heterocycles. The maximum absolute atomic E-state index is 11.6. The molecule has 5 rings (SSSR count). The molecule has 4 N–H and O–H groups in total. The number of halogens is 1. The van der Waals surface area contributed by atoms with Gasteiger partial charge in [0.1, 0.15) is 10.8 Å². The number of nitrogens with zero attached hydrogens (tertiary/aromatic N) is 4. The van der Waals surface area contributed by atoms with Gasteiger partial charge in [-0.05, 0) is 68.5 Å². The summed E-state index contributed by atoms with van der Waals surface area (Å²) in [6.07, 6.45) is 6.49. The fourth-order valence-corrected chi connectivity index (χ4v) is 5.84. The lowest BCUT2D eigenvalue weighted by atomic mass is 9.71. The van der Waals surface area contributed by atoms with Gasteiger partial charge in [0.2, 0.25) is 5.95 Å². The normalized spacial score (nSPS) is 17.5. The van der Waals surface area contributed by atoms with Crippen molar-refractivity contribution in [2.24, 2.45) is 5.41 Å². The first-order valence-corrected chi connectivity index (χ1v) is 14.5. The van der Waals surface area contributed by atoms with Crippen molar-refractivity contribution in [2.75, 3.05) is 60.2 Å². The first kappa shape index (κ1) is 27.4. The van der Waals surface area contributed by atoms with Crippen LogP contribution in [0.2, 0.25) is 5.02 Å². The van der Waals surface area contributed by atoms with Gasteiger partial charge in [0, 0.05) is 31.9 Å². The fraction of sp³-hybridized carbons (Fsp3) is 0.407. The maximum Gasteiger partial charge on any atom is 0.261 e. The van der Waals surface area contributed by atoms with E-state index in [2.05, 4.69) is 43.0 Å². The third-order valence-corrected chi connectivity index (χ3v) is 8.70. The molecular weight excluding hydrogens is 538 g/mol. The first-order valence-electron chi connectivity index (χ1n) is 13.0. The Labute approximate surface area is 236 Å². The second-order valence-corrected chi connectivity index (χ2v) is 11.4. The Morgan fingerprint density at radius 2 is 1.85 bits per heavy atom. The van der Waals surface area contributed by atoms with Crippen LogP contribution in [-0.4, -0.2) is 59.1 Å². The zero-order chi connectivity index (χ0) is 27.4. The first-order chi connectivity index (χ1) is 18.9. The zero-order valence-corrected chi connectivity index (χ0v) is 23.7. The SMILES string of the molecule is COc1cc(N2CCC3(CCNCC3)CC2)ccc1Nc1ncc(Cl)c(Nc2ccccc2N(C)S(=O)O)n1. The summed E-state index contributed by atoms with van der Waals surface area (Å²) in [7, 11) is 3.18. The van der Waals surface area contributed by atoms with E-state index in [0.29, 0.717) is 39.3 Å². The Morgan fingerprint density at radius 3 is 2.56 bits per heavy atom. The van der Waals surface area contributed by atoms with Crippen LogP contribution in [0.1, 0.15) is 25.7 Å². The minimum absolute atomic E-state index is 0.307. The number of anilines is 6. The van der Waals surface area contributed by atoms with E-state index in [1.165, 1.54) is 43.2 Å². The molecule has 0 saturated carbocycles. The van der Waals surface area contributed by atoms with Crippen LogP contribution in [0.3, 0.4) is 0 Å². The number of benzene rings is 2. The zero-order valence-electron chi connectivity index (χ0n) is 22.1. The van der Waals surface area contributed by atoms with Gasteiger partial charge in [0.15, 0.2) is 5.82 Å². The molecule has 2 aromatic carbocycles. The van der Waals surface area contributed by atoms with E-state index < -0.39 is 11.3 Å². The van der Waals surface area contributed by atoms with Gasteiger partial charge >= 0.3 is 0 Å². The van der Waals surface area contributed by atoms with E-state index in [-0.39, 0.29) is 0 Å². The minimum Gasteiger partial charge on any atom is -0.494 e. The van der Waals surface area contributed by atoms with Crippen LogP contribution in [0.15, 0.2) is 48.7 Å². The molecule has 2 aliphatic rings. The summed E-state index contributed by atoms with van der Waals surface area (Å²) in [4.78, 5) is 11.3. The second kappa shape index (κ2) is 12.0. The third-order valence-electron chi connectivity index (χ3n) is 7.76. The molecule has 208 valence electrons. The van der Waals surface area contributed by atoms with Crippen LogP contribution in [-0.2, 0) is 11.3 Å². The van der Waals surface area contributed by atoms with Crippen molar-refractivity contribution in [3.05, 3.63) is 53.7 Å². The van der Waals surface area contributed by atoms with E-state index >= 15 is 0 Å². The molecule has 1 aromatic heterocycles. The van der Waals surface area contributed by atoms with Crippen molar-refractivity contribution in [1.82, 2.24) is 15.3 Å². The molecule has 2 saturated heterocycles. The number of aromatic nitrogens is 2. The van der Waals surface area contributed by atoms with Gasteiger partial charge in [-0.3, -0.25) is 8.86 Å². The fourth-order valence-electron chi connectivity index (χ4n) is 5.38. The average Bonchev–Trinajstić information content (AvgIpc) is 2.96. The van der Waals surface area contributed by atoms with Gasteiger partial charge in [-0.2, -0.15) is 4.98 Å². The molecule has 3 heterocycles. The predicted molar refractivity (Wildman–Crippen MR) is 158 cm³/mol. The molecule has 10 nitrogen and oxygen atoms in total. The van der Waals surface area contributed by atoms with Crippen LogP contribution in [0.5, 0.6) is 5.75 Å². The lowest BCUT2D eigenvalue weighted by Gasteiger charge is -2.45. The van der Waals surface area contributed by atoms with Gasteiger partial charge in [-0.15, -0.1) is 0 Å². The smallest absolute Gasteiger partial charge is 0.261 e. The van der Waals surface area contributed by atoms with E-state index in [9.17, 15) is 8.76 Å². The van der Waals surface area contributed by atoms with Crippen LogP contribution in [0.25, 0.3) is 0 Å². The largest absolute Gasteiger partial charge is 0.494 e. The van der Waals surface area contributed by atoms with Gasteiger partial charge in [0.25, 0.3) is 11.3 Å². The molecule has 1 spiro atoms. The van der Waals surface area contributed by atoms with Gasteiger partial charge in [-0.1, -0.05) is 23.7 Å². The summed E-state index contributed by atoms with van der Waals surface area (Å²) in [5, 5.41) is 10.2. The number of nitrogens with one attached hydrogen (secondary N) is 3. The van der Waals surface area contributed by atoms with Crippen LogP contribution in [0.4, 0.5) is 34.5 Å². The van der Waals surface area contributed by atoms with E-state index in [0.717, 1.165) is 37.6 Å². The predicted octanol–water partition coefficient (Wildman–Crippen LogP) is 5.17. The molecule has 1 unspecified atom stereocenters. The summed E-state index contributed by atoms with van der Waals surface area (Å²) < 4.78 is 28.1. The quantitative estimate of drug-likeness (QED) is 0.272. The molecule has 3 aromatic rings. The molecule has 0 radical (unpaired) electrons. The molecule has 2 fully saturated rings. The molecule has 0 amide bonds. The summed E-state index contributed by atoms with van der Waals surface area (Å²) in [5.74, 6) is 1.38. The molecule has 12 heteroatoms. The van der Waals surface area contributed by atoms with E-state index in [4.69, 9.17) is 16.3 Å². The van der Waals surface area contributed by atoms with Crippen LogP contribution >= 0.6 is 11.6 Å². The molecule has 0 bridgehead atoms. The number of piperidine rings is 2. The Kier molecular flexibility index (Phi) is 8.41. The molecular formula is C27H34ClN7O3S. The highest BCUT2D eigenvalue weighted by molar-refractivity contribution is 7.80. The summed E-state index contributed by atoms with van der Waals surface area (Å²) in [6.45, 7) is 4.36. The Morgan fingerprint density at radius 1 is 1.10 bits per heavy atom. The van der Waals surface area contributed by atoms with Crippen molar-refractivity contribution < 1.29 is 13.5 Å². The number of hydrogen-bond donors (Lipinski definition) is 4. The minimum atomic E-state index is -2.18. The Bertz CT molecular complexity index is 1330.